The molecular formula is C10H11FN4S. The molecule has 1 atom stereocenters. The summed E-state index contributed by atoms with van der Waals surface area (Å²) in [5.74, 6) is 5.24. The van der Waals surface area contributed by atoms with Gasteiger partial charge >= 0.3 is 0 Å². The molecule has 2 aromatic rings. The van der Waals surface area contributed by atoms with Gasteiger partial charge in [-0.15, -0.1) is 5.10 Å². The Hall–Kier alpha value is -1.37. The third-order valence-electron chi connectivity index (χ3n) is 2.38. The quantitative estimate of drug-likeness (QED) is 0.629. The summed E-state index contributed by atoms with van der Waals surface area (Å²) in [5, 5.41) is 5.77. The number of hydrogen-bond acceptors (Lipinski definition) is 5. The van der Waals surface area contributed by atoms with E-state index in [1.807, 2.05) is 12.3 Å². The second kappa shape index (κ2) is 4.65. The molecule has 4 nitrogen and oxygen atoms in total. The first-order valence-corrected chi connectivity index (χ1v) is 5.55. The minimum Gasteiger partial charge on any atom is -0.271 e. The molecule has 0 amide bonds. The third kappa shape index (κ3) is 2.08. The first kappa shape index (κ1) is 11.1. The van der Waals surface area contributed by atoms with E-state index < -0.39 is 0 Å². The number of rotatable bonds is 3. The Bertz CT molecular complexity index is 472. The van der Waals surface area contributed by atoms with Gasteiger partial charge in [0.1, 0.15) is 5.82 Å². The van der Waals surface area contributed by atoms with E-state index in [0.717, 1.165) is 16.8 Å². The molecule has 0 fully saturated rings. The molecule has 0 spiro atoms. The van der Waals surface area contributed by atoms with E-state index in [9.17, 15) is 4.39 Å². The molecule has 0 aliphatic rings. The van der Waals surface area contributed by atoms with Crippen molar-refractivity contribution in [2.45, 2.75) is 13.0 Å². The van der Waals surface area contributed by atoms with Crippen LogP contribution in [-0.4, -0.2) is 9.59 Å². The van der Waals surface area contributed by atoms with Gasteiger partial charge in [0.15, 0.2) is 0 Å². The maximum absolute atomic E-state index is 13.0. The molecule has 0 aliphatic carbocycles. The summed E-state index contributed by atoms with van der Waals surface area (Å²) < 4.78 is 16.8. The molecule has 0 saturated carbocycles. The summed E-state index contributed by atoms with van der Waals surface area (Å²) in [7, 11) is 0. The molecule has 1 unspecified atom stereocenters. The summed E-state index contributed by atoms with van der Waals surface area (Å²) in [6, 6.07) is 4.33. The lowest BCUT2D eigenvalue weighted by Gasteiger charge is -2.15. The smallest absolute Gasteiger partial charge is 0.123 e. The largest absolute Gasteiger partial charge is 0.271 e. The van der Waals surface area contributed by atoms with Crippen molar-refractivity contribution in [1.82, 2.24) is 15.0 Å². The topological polar surface area (TPSA) is 63.8 Å². The zero-order valence-electron chi connectivity index (χ0n) is 8.64. The predicted molar refractivity (Wildman–Crippen MR) is 60.2 cm³/mol. The van der Waals surface area contributed by atoms with Crippen LogP contribution in [0.2, 0.25) is 0 Å². The fourth-order valence-electron chi connectivity index (χ4n) is 1.60. The molecule has 0 saturated heterocycles. The Morgan fingerprint density at radius 2 is 2.31 bits per heavy atom. The molecule has 1 heterocycles. The minimum absolute atomic E-state index is 0.251. The Morgan fingerprint density at radius 1 is 1.50 bits per heavy atom. The Morgan fingerprint density at radius 3 is 2.88 bits per heavy atom. The first-order chi connectivity index (χ1) is 7.72. The minimum atomic E-state index is -0.256. The fraction of sp³-hybridized carbons (Fsp3) is 0.200. The molecule has 0 aliphatic heterocycles. The van der Waals surface area contributed by atoms with Crippen LogP contribution >= 0.6 is 11.5 Å². The lowest BCUT2D eigenvalue weighted by molar-refractivity contribution is 0.603. The predicted octanol–water partition coefficient (Wildman–Crippen LogP) is 1.54. The van der Waals surface area contributed by atoms with Crippen molar-refractivity contribution in [1.29, 1.82) is 0 Å². The number of hydrazine groups is 1. The maximum atomic E-state index is 13.0. The molecule has 3 N–H and O–H groups in total. The molecule has 0 radical (unpaired) electrons. The van der Waals surface area contributed by atoms with Crippen molar-refractivity contribution in [3.05, 3.63) is 46.2 Å². The van der Waals surface area contributed by atoms with E-state index in [1.54, 1.807) is 6.07 Å². The van der Waals surface area contributed by atoms with E-state index in [4.69, 9.17) is 5.84 Å². The van der Waals surface area contributed by atoms with Crippen LogP contribution in [0.1, 0.15) is 22.9 Å². The number of halogens is 1. The van der Waals surface area contributed by atoms with Crippen LogP contribution in [0.15, 0.2) is 23.6 Å². The van der Waals surface area contributed by atoms with Crippen molar-refractivity contribution >= 4 is 11.5 Å². The molecule has 84 valence electrons. The van der Waals surface area contributed by atoms with Gasteiger partial charge in [0.05, 0.1) is 11.7 Å². The Kier molecular flexibility index (Phi) is 3.23. The van der Waals surface area contributed by atoms with Gasteiger partial charge in [-0.05, 0) is 41.7 Å². The molecule has 2 rings (SSSR count). The van der Waals surface area contributed by atoms with Crippen LogP contribution in [0.4, 0.5) is 4.39 Å². The van der Waals surface area contributed by atoms with Crippen LogP contribution in [0.3, 0.4) is 0 Å². The van der Waals surface area contributed by atoms with Crippen LogP contribution < -0.4 is 11.3 Å². The maximum Gasteiger partial charge on any atom is 0.123 e. The van der Waals surface area contributed by atoms with Crippen molar-refractivity contribution in [3.8, 4) is 0 Å². The van der Waals surface area contributed by atoms with Crippen LogP contribution in [0.5, 0.6) is 0 Å². The van der Waals surface area contributed by atoms with Crippen molar-refractivity contribution in [3.63, 3.8) is 0 Å². The van der Waals surface area contributed by atoms with Gasteiger partial charge < -0.3 is 0 Å². The second-order valence-electron chi connectivity index (χ2n) is 3.43. The zero-order valence-corrected chi connectivity index (χ0v) is 9.46. The van der Waals surface area contributed by atoms with Gasteiger partial charge in [-0.25, -0.2) is 9.82 Å². The zero-order chi connectivity index (χ0) is 11.5. The summed E-state index contributed by atoms with van der Waals surface area (Å²) in [6.07, 6.45) is 0. The molecular weight excluding hydrogens is 227 g/mol. The van der Waals surface area contributed by atoms with Crippen molar-refractivity contribution < 1.29 is 4.39 Å². The van der Waals surface area contributed by atoms with E-state index in [-0.39, 0.29) is 11.9 Å². The monoisotopic (exact) mass is 238 g/mol. The summed E-state index contributed by atoms with van der Waals surface area (Å²) in [4.78, 5) is 0. The van der Waals surface area contributed by atoms with E-state index in [2.05, 4.69) is 15.0 Å². The lowest BCUT2D eigenvalue weighted by atomic mass is 10.00. The van der Waals surface area contributed by atoms with Gasteiger partial charge in [0.25, 0.3) is 0 Å². The van der Waals surface area contributed by atoms with Gasteiger partial charge in [-0.1, -0.05) is 10.6 Å². The standard InChI is InChI=1S/C10H11FN4S/c1-6-4-7(11)2-3-8(6)10(13-12)9-5-16-15-14-9/h2-5,10,13H,12H2,1H3. The number of nitrogens with one attached hydrogen (secondary N) is 1. The van der Waals surface area contributed by atoms with Crippen molar-refractivity contribution in [2.75, 3.05) is 0 Å². The van der Waals surface area contributed by atoms with E-state index in [1.165, 1.54) is 23.7 Å². The molecule has 0 bridgehead atoms. The SMILES string of the molecule is Cc1cc(F)ccc1C(NN)c1csnn1. The second-order valence-corrected chi connectivity index (χ2v) is 4.04. The molecule has 1 aromatic carbocycles. The van der Waals surface area contributed by atoms with Gasteiger partial charge in [0, 0.05) is 5.38 Å². The average molecular weight is 238 g/mol. The van der Waals surface area contributed by atoms with Gasteiger partial charge in [-0.2, -0.15) is 0 Å². The Balaban J connectivity index is 2.41. The number of nitrogens with two attached hydrogens (primary N) is 1. The summed E-state index contributed by atoms with van der Waals surface area (Å²) in [5.41, 5.74) is 5.13. The highest BCUT2D eigenvalue weighted by Crippen LogP contribution is 2.23. The van der Waals surface area contributed by atoms with Gasteiger partial charge in [0.2, 0.25) is 0 Å². The average Bonchev–Trinajstić information content (AvgIpc) is 2.75. The lowest BCUT2D eigenvalue weighted by Crippen LogP contribution is -2.29. The summed E-state index contributed by atoms with van der Waals surface area (Å²) >= 11 is 1.26. The normalized spacial score (nSPS) is 12.7. The highest BCUT2D eigenvalue weighted by molar-refractivity contribution is 7.03. The first-order valence-electron chi connectivity index (χ1n) is 4.71. The van der Waals surface area contributed by atoms with E-state index in [0.29, 0.717) is 0 Å². The Labute approximate surface area is 96.4 Å². The van der Waals surface area contributed by atoms with Crippen LogP contribution in [-0.2, 0) is 0 Å². The van der Waals surface area contributed by atoms with Gasteiger partial charge in [-0.3, -0.25) is 5.84 Å². The fourth-order valence-corrected chi connectivity index (χ4v) is 2.07. The van der Waals surface area contributed by atoms with Crippen LogP contribution in [0.25, 0.3) is 0 Å². The molecule has 6 heteroatoms. The third-order valence-corrected chi connectivity index (χ3v) is 2.91. The number of benzene rings is 1. The number of aromatic nitrogens is 2. The molecule has 1 aromatic heterocycles. The highest BCUT2D eigenvalue weighted by atomic mass is 32.1. The number of hydrogen-bond donors (Lipinski definition) is 2. The van der Waals surface area contributed by atoms with Crippen molar-refractivity contribution in [2.24, 2.45) is 5.84 Å². The molecule has 16 heavy (non-hydrogen) atoms. The summed E-state index contributed by atoms with van der Waals surface area (Å²) in [6.45, 7) is 1.84. The number of nitrogens with zero attached hydrogens (tertiary/aromatic N) is 2. The van der Waals surface area contributed by atoms with Crippen LogP contribution in [0, 0.1) is 12.7 Å². The van der Waals surface area contributed by atoms with E-state index >= 15 is 0 Å². The number of aryl methyl sites for hydroxylation is 1. The highest BCUT2D eigenvalue weighted by Gasteiger charge is 2.17.